The lowest BCUT2D eigenvalue weighted by molar-refractivity contribution is -0.189. The highest BCUT2D eigenvalue weighted by molar-refractivity contribution is 5.87. The van der Waals surface area contributed by atoms with Crippen LogP contribution >= 0.6 is 0 Å². The number of carboxylic acids is 1. The number of fused-ring (bicyclic) bond motifs is 2. The molecule has 7 heteroatoms. The van der Waals surface area contributed by atoms with Gasteiger partial charge in [-0.3, -0.25) is 9.59 Å². The van der Waals surface area contributed by atoms with Gasteiger partial charge in [-0.25, -0.2) is 0 Å². The van der Waals surface area contributed by atoms with E-state index in [1.807, 2.05) is 0 Å². The number of likely N-dealkylation sites (tertiary alicyclic amines) is 1. The van der Waals surface area contributed by atoms with Crippen LogP contribution in [0.1, 0.15) is 12.8 Å². The van der Waals surface area contributed by atoms with Crippen LogP contribution in [0.5, 0.6) is 0 Å². The van der Waals surface area contributed by atoms with Crippen LogP contribution < -0.4 is 0 Å². The SMILES string of the molecule is O=C(O)[C@@H]1[C@H](C(=O)N2CCC3(CC2)OCCO3)[C@@H]2C=C[C@@H]1O2. The largest absolute Gasteiger partial charge is 0.481 e. The molecular formula is C15H19NO6. The Kier molecular flexibility index (Phi) is 3.25. The van der Waals surface area contributed by atoms with Gasteiger partial charge in [-0.2, -0.15) is 0 Å². The number of carboxylic acid groups (broad SMARTS) is 1. The van der Waals surface area contributed by atoms with Crippen LogP contribution in [0, 0.1) is 11.8 Å². The molecule has 0 saturated carbocycles. The maximum absolute atomic E-state index is 12.8. The number of carbonyl (C=O) groups excluding carboxylic acids is 1. The first kappa shape index (κ1) is 14.2. The molecule has 3 saturated heterocycles. The van der Waals surface area contributed by atoms with Crippen molar-refractivity contribution in [2.24, 2.45) is 11.8 Å². The summed E-state index contributed by atoms with van der Waals surface area (Å²) in [5.41, 5.74) is 0. The third kappa shape index (κ3) is 2.07. The molecule has 0 aromatic carbocycles. The molecule has 0 radical (unpaired) electrons. The molecule has 1 N–H and O–H groups in total. The molecule has 0 unspecified atom stereocenters. The number of hydrogen-bond donors (Lipinski definition) is 1. The van der Waals surface area contributed by atoms with Gasteiger partial charge in [0.25, 0.3) is 0 Å². The van der Waals surface area contributed by atoms with Crippen molar-refractivity contribution in [1.82, 2.24) is 4.90 Å². The normalized spacial score (nSPS) is 38.8. The van der Waals surface area contributed by atoms with Crippen molar-refractivity contribution in [2.75, 3.05) is 26.3 Å². The Bertz CT molecular complexity index is 516. The van der Waals surface area contributed by atoms with Gasteiger partial charge in [-0.05, 0) is 0 Å². The van der Waals surface area contributed by atoms with Crippen LogP contribution in [-0.2, 0) is 23.8 Å². The summed E-state index contributed by atoms with van der Waals surface area (Å²) >= 11 is 0. The van der Waals surface area contributed by atoms with Gasteiger partial charge in [0.1, 0.15) is 5.92 Å². The number of amides is 1. The highest BCUT2D eigenvalue weighted by Gasteiger charge is 2.54. The lowest BCUT2D eigenvalue weighted by atomic mass is 9.81. The maximum Gasteiger partial charge on any atom is 0.310 e. The molecule has 4 aliphatic heterocycles. The number of piperidine rings is 1. The van der Waals surface area contributed by atoms with E-state index in [9.17, 15) is 14.7 Å². The Labute approximate surface area is 127 Å². The van der Waals surface area contributed by atoms with Gasteiger partial charge < -0.3 is 24.2 Å². The summed E-state index contributed by atoms with van der Waals surface area (Å²) in [7, 11) is 0. The van der Waals surface area contributed by atoms with Gasteiger partial charge >= 0.3 is 5.97 Å². The fourth-order valence-electron chi connectivity index (χ4n) is 3.96. The minimum absolute atomic E-state index is 0.128. The van der Waals surface area contributed by atoms with Crippen LogP contribution in [0.4, 0.5) is 0 Å². The number of rotatable bonds is 2. The second-order valence-corrected chi connectivity index (χ2v) is 6.27. The predicted octanol–water partition coefficient (Wildman–Crippen LogP) is 0.00610. The topological polar surface area (TPSA) is 85.3 Å². The van der Waals surface area contributed by atoms with Crippen molar-refractivity contribution in [3.8, 4) is 0 Å². The fourth-order valence-corrected chi connectivity index (χ4v) is 3.96. The van der Waals surface area contributed by atoms with Crippen molar-refractivity contribution in [3.63, 3.8) is 0 Å². The highest BCUT2D eigenvalue weighted by Crippen LogP contribution is 2.41. The molecular weight excluding hydrogens is 290 g/mol. The van der Waals surface area contributed by atoms with E-state index in [-0.39, 0.29) is 5.91 Å². The fraction of sp³-hybridized carbons (Fsp3) is 0.733. The molecule has 120 valence electrons. The summed E-state index contributed by atoms with van der Waals surface area (Å²) in [5, 5.41) is 9.40. The summed E-state index contributed by atoms with van der Waals surface area (Å²) in [4.78, 5) is 26.0. The average Bonchev–Trinajstić information content (AvgIpc) is 3.22. The van der Waals surface area contributed by atoms with Crippen LogP contribution in [-0.4, -0.2) is 66.2 Å². The molecule has 2 bridgehead atoms. The zero-order valence-electron chi connectivity index (χ0n) is 12.1. The Morgan fingerprint density at radius 2 is 1.64 bits per heavy atom. The smallest absolute Gasteiger partial charge is 0.310 e. The van der Waals surface area contributed by atoms with Crippen LogP contribution in [0.3, 0.4) is 0 Å². The van der Waals surface area contributed by atoms with Gasteiger partial charge in [-0.15, -0.1) is 0 Å². The standard InChI is InChI=1S/C15H19NO6/c17-13(11-9-1-2-10(22-9)12(11)14(18)19)16-5-3-15(4-6-16)20-7-8-21-15/h1-2,9-12H,3-8H2,(H,18,19)/t9-,10-,11+,12-/m0/s1. The molecule has 3 fully saturated rings. The first-order valence-electron chi connectivity index (χ1n) is 7.73. The second-order valence-electron chi connectivity index (χ2n) is 6.27. The van der Waals surface area contributed by atoms with Crippen molar-refractivity contribution in [2.45, 2.75) is 30.8 Å². The lowest BCUT2D eigenvalue weighted by Gasteiger charge is -2.39. The van der Waals surface area contributed by atoms with Crippen molar-refractivity contribution in [1.29, 1.82) is 0 Å². The average molecular weight is 309 g/mol. The monoisotopic (exact) mass is 309 g/mol. The molecule has 0 aromatic heterocycles. The summed E-state index contributed by atoms with van der Waals surface area (Å²) < 4.78 is 16.9. The summed E-state index contributed by atoms with van der Waals surface area (Å²) in [5.74, 6) is -3.03. The van der Waals surface area contributed by atoms with E-state index in [0.717, 1.165) is 0 Å². The van der Waals surface area contributed by atoms with E-state index < -0.39 is 35.8 Å². The number of aliphatic carboxylic acids is 1. The Hall–Kier alpha value is -1.44. The summed E-state index contributed by atoms with van der Waals surface area (Å²) in [6.07, 6.45) is 3.93. The molecule has 4 atom stereocenters. The molecule has 7 nitrogen and oxygen atoms in total. The second kappa shape index (κ2) is 5.04. The number of hydrogen-bond acceptors (Lipinski definition) is 5. The first-order chi connectivity index (χ1) is 10.6. The van der Waals surface area contributed by atoms with Gasteiger partial charge in [0, 0.05) is 25.9 Å². The van der Waals surface area contributed by atoms with E-state index in [1.165, 1.54) is 0 Å². The van der Waals surface area contributed by atoms with E-state index in [2.05, 4.69) is 0 Å². The highest BCUT2D eigenvalue weighted by atomic mass is 16.7. The Morgan fingerprint density at radius 1 is 1.05 bits per heavy atom. The quantitative estimate of drug-likeness (QED) is 0.723. The summed E-state index contributed by atoms with van der Waals surface area (Å²) in [6.45, 7) is 2.26. The van der Waals surface area contributed by atoms with Gasteiger partial charge in [0.15, 0.2) is 5.79 Å². The summed E-state index contributed by atoms with van der Waals surface area (Å²) in [6, 6.07) is 0. The van der Waals surface area contributed by atoms with E-state index in [0.29, 0.717) is 39.1 Å². The molecule has 1 spiro atoms. The first-order valence-corrected chi connectivity index (χ1v) is 7.73. The van der Waals surface area contributed by atoms with E-state index in [4.69, 9.17) is 14.2 Å². The van der Waals surface area contributed by atoms with Gasteiger partial charge in [0.05, 0.1) is 31.3 Å². The maximum atomic E-state index is 12.8. The third-order valence-electron chi connectivity index (χ3n) is 5.12. The molecule has 4 aliphatic rings. The molecule has 4 heterocycles. The number of nitrogens with zero attached hydrogens (tertiary/aromatic N) is 1. The minimum atomic E-state index is -0.967. The predicted molar refractivity (Wildman–Crippen MR) is 72.9 cm³/mol. The zero-order valence-corrected chi connectivity index (χ0v) is 12.1. The molecule has 22 heavy (non-hydrogen) atoms. The molecule has 1 amide bonds. The minimum Gasteiger partial charge on any atom is -0.481 e. The lowest BCUT2D eigenvalue weighted by Crippen LogP contribution is -2.51. The Morgan fingerprint density at radius 3 is 2.23 bits per heavy atom. The Balaban J connectivity index is 1.46. The molecule has 0 aliphatic carbocycles. The van der Waals surface area contributed by atoms with Crippen molar-refractivity contribution in [3.05, 3.63) is 12.2 Å². The van der Waals surface area contributed by atoms with E-state index >= 15 is 0 Å². The van der Waals surface area contributed by atoms with Crippen LogP contribution in [0.2, 0.25) is 0 Å². The number of ether oxygens (including phenoxy) is 3. The van der Waals surface area contributed by atoms with Crippen molar-refractivity contribution < 1.29 is 28.9 Å². The van der Waals surface area contributed by atoms with Crippen molar-refractivity contribution >= 4 is 11.9 Å². The molecule has 4 rings (SSSR count). The van der Waals surface area contributed by atoms with E-state index in [1.54, 1.807) is 17.1 Å². The van der Waals surface area contributed by atoms with Crippen LogP contribution in [0.15, 0.2) is 12.2 Å². The van der Waals surface area contributed by atoms with Gasteiger partial charge in [0.2, 0.25) is 5.91 Å². The molecule has 0 aromatic rings. The van der Waals surface area contributed by atoms with Crippen LogP contribution in [0.25, 0.3) is 0 Å². The van der Waals surface area contributed by atoms with Gasteiger partial charge in [-0.1, -0.05) is 12.2 Å². The zero-order chi connectivity index (χ0) is 15.3. The number of carbonyl (C=O) groups is 2. The third-order valence-corrected chi connectivity index (χ3v) is 5.12.